The molecule has 22 heavy (non-hydrogen) atoms. The van der Waals surface area contributed by atoms with Gasteiger partial charge in [-0.3, -0.25) is 0 Å². The van der Waals surface area contributed by atoms with Crippen LogP contribution < -0.4 is 0 Å². The molecule has 0 spiro atoms. The van der Waals surface area contributed by atoms with Crippen LogP contribution in [-0.2, 0) is 10.3 Å². The quantitative estimate of drug-likeness (QED) is 0.587. The molecule has 0 amide bonds. The van der Waals surface area contributed by atoms with Gasteiger partial charge in [-0.25, -0.2) is 9.18 Å². The molecule has 0 N–H and O–H groups in total. The molecule has 5 heteroatoms. The molecule has 0 fully saturated rings. The third-order valence-electron chi connectivity index (χ3n) is 3.93. The van der Waals surface area contributed by atoms with Gasteiger partial charge in [-0.15, -0.1) is 11.6 Å². The number of carbonyl (C=O) groups excluding carboxylic acids is 1. The Kier molecular flexibility index (Phi) is 3.87. The zero-order chi connectivity index (χ0) is 15.9. The van der Waals surface area contributed by atoms with Crippen molar-refractivity contribution in [3.8, 4) is 0 Å². The highest BCUT2D eigenvalue weighted by Crippen LogP contribution is 2.48. The van der Waals surface area contributed by atoms with Gasteiger partial charge >= 0.3 is 5.97 Å². The highest BCUT2D eigenvalue weighted by molar-refractivity contribution is 6.31. The van der Waals surface area contributed by atoms with Crippen LogP contribution >= 0.6 is 23.2 Å². The molecule has 114 valence electrons. The molecule has 2 unspecified atom stereocenters. The summed E-state index contributed by atoms with van der Waals surface area (Å²) in [5.41, 5.74) is 0.540. The van der Waals surface area contributed by atoms with Gasteiger partial charge in [0.1, 0.15) is 5.82 Å². The van der Waals surface area contributed by atoms with Gasteiger partial charge in [0, 0.05) is 16.1 Å². The third-order valence-corrected chi connectivity index (χ3v) is 4.78. The topological polar surface area (TPSA) is 26.3 Å². The van der Waals surface area contributed by atoms with Gasteiger partial charge in [0.15, 0.2) is 5.60 Å². The van der Waals surface area contributed by atoms with E-state index in [0.717, 1.165) is 0 Å². The Bertz CT molecular complexity index is 730. The lowest BCUT2D eigenvalue weighted by Gasteiger charge is -2.33. The van der Waals surface area contributed by atoms with Crippen LogP contribution in [0, 0.1) is 5.82 Å². The zero-order valence-corrected chi connectivity index (χ0v) is 13.3. The second-order valence-electron chi connectivity index (χ2n) is 5.20. The fourth-order valence-electron chi connectivity index (χ4n) is 2.87. The maximum atomic E-state index is 13.3. The summed E-state index contributed by atoms with van der Waals surface area (Å²) in [7, 11) is 0. The lowest BCUT2D eigenvalue weighted by atomic mass is 9.82. The van der Waals surface area contributed by atoms with Crippen molar-refractivity contribution in [2.75, 3.05) is 0 Å². The van der Waals surface area contributed by atoms with Crippen molar-refractivity contribution in [3.63, 3.8) is 0 Å². The zero-order valence-electron chi connectivity index (χ0n) is 11.8. The first kappa shape index (κ1) is 15.3. The summed E-state index contributed by atoms with van der Waals surface area (Å²) in [6.07, 6.45) is 0.568. The van der Waals surface area contributed by atoms with Gasteiger partial charge in [0.2, 0.25) is 0 Å². The summed E-state index contributed by atoms with van der Waals surface area (Å²) in [5.74, 6) is -0.813. The van der Waals surface area contributed by atoms with Crippen molar-refractivity contribution >= 4 is 29.2 Å². The van der Waals surface area contributed by atoms with E-state index >= 15 is 0 Å². The smallest absolute Gasteiger partial charge is 0.339 e. The second kappa shape index (κ2) is 5.56. The van der Waals surface area contributed by atoms with Crippen LogP contribution in [0.15, 0.2) is 42.5 Å². The van der Waals surface area contributed by atoms with E-state index in [1.54, 1.807) is 30.3 Å². The molecule has 0 aliphatic carbocycles. The Morgan fingerprint density at radius 3 is 2.55 bits per heavy atom. The number of halogens is 3. The van der Waals surface area contributed by atoms with Gasteiger partial charge in [-0.1, -0.05) is 30.7 Å². The van der Waals surface area contributed by atoms with E-state index in [-0.39, 0.29) is 5.82 Å². The molecular weight excluding hydrogens is 326 g/mol. The fourth-order valence-corrected chi connectivity index (χ4v) is 3.33. The number of ether oxygens (including phenoxy) is 1. The molecule has 2 aromatic rings. The first-order chi connectivity index (χ1) is 10.5. The number of hydrogen-bond donors (Lipinski definition) is 0. The average molecular weight is 339 g/mol. The Balaban J connectivity index is 2.28. The number of fused-ring (bicyclic) bond motifs is 1. The predicted octanol–water partition coefficient (Wildman–Crippen LogP) is 4.91. The van der Waals surface area contributed by atoms with Crippen LogP contribution in [0.4, 0.5) is 4.39 Å². The number of rotatable bonds is 3. The molecule has 2 nitrogen and oxygen atoms in total. The molecule has 1 aliphatic rings. The number of carbonyl (C=O) groups is 1. The molecule has 0 saturated heterocycles. The Morgan fingerprint density at radius 1 is 1.23 bits per heavy atom. The largest absolute Gasteiger partial charge is 0.444 e. The average Bonchev–Trinajstić information content (AvgIpc) is 2.80. The number of benzene rings is 2. The molecule has 1 aliphatic heterocycles. The molecule has 0 aromatic heterocycles. The molecule has 2 aromatic carbocycles. The van der Waals surface area contributed by atoms with Crippen LogP contribution in [0.2, 0.25) is 5.02 Å². The molecule has 2 atom stereocenters. The van der Waals surface area contributed by atoms with Gasteiger partial charge in [0.25, 0.3) is 0 Å². The first-order valence-corrected chi connectivity index (χ1v) is 7.74. The molecule has 0 bridgehead atoms. The highest BCUT2D eigenvalue weighted by atomic mass is 35.5. The fraction of sp³-hybridized carbons (Fsp3) is 0.235. The van der Waals surface area contributed by atoms with Crippen molar-refractivity contribution in [1.82, 2.24) is 0 Å². The Hall–Kier alpha value is -1.58. The van der Waals surface area contributed by atoms with E-state index < -0.39 is 16.9 Å². The standard InChI is InChI=1S/C17H13Cl2FO2/c1-2-15(19)17(10-3-6-12(20)7-4-10)14-9-11(18)5-8-13(14)16(21)22-17/h3-9,15H,2H2,1H3. The van der Waals surface area contributed by atoms with Gasteiger partial charge in [-0.05, 0) is 36.8 Å². The highest BCUT2D eigenvalue weighted by Gasteiger charge is 2.51. The summed E-state index contributed by atoms with van der Waals surface area (Å²) in [6.45, 7) is 1.90. The van der Waals surface area contributed by atoms with Crippen molar-refractivity contribution in [2.45, 2.75) is 24.3 Å². The molecule has 1 heterocycles. The number of hydrogen-bond acceptors (Lipinski definition) is 2. The minimum atomic E-state index is -1.15. The summed E-state index contributed by atoms with van der Waals surface area (Å²) in [4.78, 5) is 12.3. The predicted molar refractivity (Wildman–Crippen MR) is 84.0 cm³/mol. The molecular formula is C17H13Cl2FO2. The van der Waals surface area contributed by atoms with Crippen LogP contribution in [0.5, 0.6) is 0 Å². The number of alkyl halides is 1. The Labute approximate surface area is 137 Å². The van der Waals surface area contributed by atoms with Gasteiger partial charge < -0.3 is 4.74 Å². The van der Waals surface area contributed by atoms with Crippen LogP contribution in [0.1, 0.15) is 34.8 Å². The summed E-state index contributed by atoms with van der Waals surface area (Å²) in [6, 6.07) is 10.8. The summed E-state index contributed by atoms with van der Waals surface area (Å²) < 4.78 is 19.0. The van der Waals surface area contributed by atoms with Crippen molar-refractivity contribution in [1.29, 1.82) is 0 Å². The number of esters is 1. The lowest BCUT2D eigenvalue weighted by molar-refractivity contribution is 0.00859. The molecule has 3 rings (SSSR count). The normalized spacial score (nSPS) is 21.4. The van der Waals surface area contributed by atoms with E-state index in [1.807, 2.05) is 6.92 Å². The third kappa shape index (κ3) is 2.20. The summed E-state index contributed by atoms with van der Waals surface area (Å²) >= 11 is 12.6. The van der Waals surface area contributed by atoms with E-state index in [0.29, 0.717) is 28.1 Å². The summed E-state index contributed by atoms with van der Waals surface area (Å²) in [5, 5.41) is -0.00913. The monoisotopic (exact) mass is 338 g/mol. The number of cyclic esters (lactones) is 1. The maximum absolute atomic E-state index is 13.3. The van der Waals surface area contributed by atoms with E-state index in [9.17, 15) is 9.18 Å². The van der Waals surface area contributed by atoms with E-state index in [2.05, 4.69) is 0 Å². The maximum Gasteiger partial charge on any atom is 0.339 e. The van der Waals surface area contributed by atoms with Crippen molar-refractivity contribution in [3.05, 3.63) is 70.0 Å². The van der Waals surface area contributed by atoms with Crippen LogP contribution in [0.3, 0.4) is 0 Å². The Morgan fingerprint density at radius 2 is 1.91 bits per heavy atom. The van der Waals surface area contributed by atoms with Crippen molar-refractivity contribution < 1.29 is 13.9 Å². The van der Waals surface area contributed by atoms with Crippen LogP contribution in [-0.4, -0.2) is 11.3 Å². The molecule has 0 saturated carbocycles. The molecule has 0 radical (unpaired) electrons. The second-order valence-corrected chi connectivity index (χ2v) is 6.16. The van der Waals surface area contributed by atoms with Crippen LogP contribution in [0.25, 0.3) is 0 Å². The first-order valence-electron chi connectivity index (χ1n) is 6.92. The van der Waals surface area contributed by atoms with Gasteiger partial charge in [0.05, 0.1) is 10.9 Å². The lowest BCUT2D eigenvalue weighted by Crippen LogP contribution is -2.37. The SMILES string of the molecule is CCC(Cl)C1(c2ccc(F)cc2)OC(=O)c2ccc(Cl)cc21. The van der Waals surface area contributed by atoms with E-state index in [4.69, 9.17) is 27.9 Å². The minimum Gasteiger partial charge on any atom is -0.444 e. The van der Waals surface area contributed by atoms with Crippen molar-refractivity contribution in [2.24, 2.45) is 0 Å². The van der Waals surface area contributed by atoms with Gasteiger partial charge in [-0.2, -0.15) is 0 Å². The minimum absolute atomic E-state index is 0.364. The van der Waals surface area contributed by atoms with E-state index in [1.165, 1.54) is 12.1 Å².